The third-order valence-electron chi connectivity index (χ3n) is 3.58. The Bertz CT molecular complexity index is 706. The fourth-order valence-electron chi connectivity index (χ4n) is 2.48. The highest BCUT2D eigenvalue weighted by Gasteiger charge is 2.15. The summed E-state index contributed by atoms with van der Waals surface area (Å²) in [6, 6.07) is 12.9. The number of para-hydroxylation sites is 1. The number of benzene rings is 2. The molecule has 24 heavy (non-hydrogen) atoms. The molecule has 0 aromatic heterocycles. The topological polar surface area (TPSA) is 52.0 Å². The molecule has 1 atom stereocenters. The van der Waals surface area contributed by atoms with Crippen LogP contribution >= 0.6 is 11.6 Å². The van der Waals surface area contributed by atoms with Gasteiger partial charge in [-0.3, -0.25) is 4.79 Å². The van der Waals surface area contributed by atoms with Gasteiger partial charge >= 0.3 is 0 Å². The van der Waals surface area contributed by atoms with Crippen LogP contribution < -0.4 is 19.7 Å². The van der Waals surface area contributed by atoms with E-state index >= 15 is 0 Å². The number of carbonyl (C=O) groups excluding carboxylic acids is 1. The summed E-state index contributed by atoms with van der Waals surface area (Å²) >= 11 is 5.98. The Morgan fingerprint density at radius 2 is 1.83 bits per heavy atom. The highest BCUT2D eigenvalue weighted by Crippen LogP contribution is 2.27. The molecule has 2 aromatic carbocycles. The standard InChI is InChI=1S/C18H21ClN2O3/c1-21(11-13-6-4-5-7-16(13)23-2)12-18(22)20-15-10-14(19)8-9-17(15)24-3/h4-10H,11-12H2,1-3H3,(H,20,22)/p+1. The molecule has 1 unspecified atom stereocenters. The average molecular weight is 350 g/mol. The minimum atomic E-state index is -0.108. The minimum absolute atomic E-state index is 0.108. The van der Waals surface area contributed by atoms with Gasteiger partial charge in [0.15, 0.2) is 6.54 Å². The number of quaternary nitrogens is 1. The first kappa shape index (κ1) is 18.1. The Kier molecular flexibility index (Phi) is 6.46. The number of carbonyl (C=O) groups is 1. The Hall–Kier alpha value is -2.24. The van der Waals surface area contributed by atoms with Gasteiger partial charge < -0.3 is 19.7 Å². The van der Waals surface area contributed by atoms with Crippen molar-refractivity contribution in [3.05, 3.63) is 53.1 Å². The van der Waals surface area contributed by atoms with E-state index in [1.165, 1.54) is 0 Å². The van der Waals surface area contributed by atoms with Crippen molar-refractivity contribution in [2.75, 3.05) is 33.1 Å². The van der Waals surface area contributed by atoms with Gasteiger partial charge in [0.05, 0.1) is 27.0 Å². The zero-order valence-electron chi connectivity index (χ0n) is 14.1. The first-order valence-corrected chi connectivity index (χ1v) is 7.98. The first-order chi connectivity index (χ1) is 11.5. The van der Waals surface area contributed by atoms with Crippen LogP contribution in [0.15, 0.2) is 42.5 Å². The summed E-state index contributed by atoms with van der Waals surface area (Å²) in [7, 11) is 5.16. The van der Waals surface area contributed by atoms with E-state index < -0.39 is 0 Å². The zero-order valence-corrected chi connectivity index (χ0v) is 14.8. The number of amides is 1. The van der Waals surface area contributed by atoms with Gasteiger partial charge in [-0.25, -0.2) is 0 Å². The van der Waals surface area contributed by atoms with E-state index in [-0.39, 0.29) is 5.91 Å². The summed E-state index contributed by atoms with van der Waals surface area (Å²) in [5.74, 6) is 1.30. The lowest BCUT2D eigenvalue weighted by Gasteiger charge is -2.16. The Balaban J connectivity index is 1.98. The molecule has 2 rings (SSSR count). The predicted octanol–water partition coefficient (Wildman–Crippen LogP) is 2.01. The van der Waals surface area contributed by atoms with Crippen molar-refractivity contribution in [2.45, 2.75) is 6.54 Å². The molecule has 0 bridgehead atoms. The second-order valence-electron chi connectivity index (χ2n) is 5.52. The molecule has 0 spiro atoms. The van der Waals surface area contributed by atoms with Gasteiger partial charge in [-0.2, -0.15) is 0 Å². The zero-order chi connectivity index (χ0) is 17.5. The molecule has 0 saturated carbocycles. The van der Waals surface area contributed by atoms with Gasteiger partial charge in [0.1, 0.15) is 18.0 Å². The Labute approximate surface area is 147 Å². The third kappa shape index (κ3) is 4.88. The van der Waals surface area contributed by atoms with Crippen LogP contribution in [0.4, 0.5) is 5.69 Å². The number of likely N-dealkylation sites (N-methyl/N-ethyl adjacent to an activating group) is 1. The lowest BCUT2D eigenvalue weighted by Crippen LogP contribution is -3.08. The van der Waals surface area contributed by atoms with Crippen molar-refractivity contribution < 1.29 is 19.2 Å². The summed E-state index contributed by atoms with van der Waals surface area (Å²) in [4.78, 5) is 13.3. The van der Waals surface area contributed by atoms with Crippen LogP contribution in [-0.2, 0) is 11.3 Å². The van der Waals surface area contributed by atoms with Crippen LogP contribution in [0.1, 0.15) is 5.56 Å². The Morgan fingerprint density at radius 3 is 2.54 bits per heavy atom. The van der Waals surface area contributed by atoms with E-state index in [0.717, 1.165) is 16.2 Å². The summed E-state index contributed by atoms with van der Waals surface area (Å²) < 4.78 is 10.6. The van der Waals surface area contributed by atoms with Gasteiger partial charge in [-0.1, -0.05) is 23.7 Å². The van der Waals surface area contributed by atoms with E-state index in [4.69, 9.17) is 21.1 Å². The molecule has 1 amide bonds. The monoisotopic (exact) mass is 349 g/mol. The molecule has 128 valence electrons. The second kappa shape index (κ2) is 8.57. The van der Waals surface area contributed by atoms with Crippen LogP contribution in [-0.4, -0.2) is 33.7 Å². The molecule has 0 radical (unpaired) electrons. The van der Waals surface area contributed by atoms with Crippen molar-refractivity contribution in [3.63, 3.8) is 0 Å². The number of rotatable bonds is 7. The van der Waals surface area contributed by atoms with Crippen LogP contribution in [0.3, 0.4) is 0 Å². The van der Waals surface area contributed by atoms with Crippen LogP contribution in [0, 0.1) is 0 Å². The highest BCUT2D eigenvalue weighted by atomic mass is 35.5. The molecular weight excluding hydrogens is 328 g/mol. The van der Waals surface area contributed by atoms with Crippen molar-refractivity contribution in [2.24, 2.45) is 0 Å². The molecular formula is C18H22ClN2O3+. The fraction of sp³-hybridized carbons (Fsp3) is 0.278. The number of ether oxygens (including phenoxy) is 2. The largest absolute Gasteiger partial charge is 0.496 e. The van der Waals surface area contributed by atoms with Gasteiger partial charge in [-0.05, 0) is 30.3 Å². The number of anilines is 1. The maximum Gasteiger partial charge on any atom is 0.279 e. The normalized spacial score (nSPS) is 11.7. The van der Waals surface area contributed by atoms with Gasteiger partial charge in [0.25, 0.3) is 5.91 Å². The van der Waals surface area contributed by atoms with Gasteiger partial charge in [0, 0.05) is 10.6 Å². The van der Waals surface area contributed by atoms with Crippen molar-refractivity contribution in [3.8, 4) is 11.5 Å². The summed E-state index contributed by atoms with van der Waals surface area (Å²) in [5.41, 5.74) is 1.63. The third-order valence-corrected chi connectivity index (χ3v) is 3.82. The maximum atomic E-state index is 12.3. The van der Waals surface area contributed by atoms with Crippen molar-refractivity contribution in [1.29, 1.82) is 0 Å². The first-order valence-electron chi connectivity index (χ1n) is 7.60. The number of methoxy groups -OCH3 is 2. The van der Waals surface area contributed by atoms with Crippen LogP contribution in [0.5, 0.6) is 11.5 Å². The molecule has 0 aliphatic rings. The summed E-state index contributed by atoms with van der Waals surface area (Å²) in [6.45, 7) is 0.998. The predicted molar refractivity (Wildman–Crippen MR) is 95.1 cm³/mol. The number of hydrogen-bond donors (Lipinski definition) is 2. The maximum absolute atomic E-state index is 12.3. The molecule has 2 N–H and O–H groups in total. The molecule has 0 aliphatic carbocycles. The van der Waals surface area contributed by atoms with Crippen molar-refractivity contribution in [1.82, 2.24) is 0 Å². The van der Waals surface area contributed by atoms with E-state index in [9.17, 15) is 4.79 Å². The van der Waals surface area contributed by atoms with E-state index in [1.54, 1.807) is 32.4 Å². The van der Waals surface area contributed by atoms with E-state index in [2.05, 4.69) is 5.32 Å². The van der Waals surface area contributed by atoms with Crippen molar-refractivity contribution >= 4 is 23.2 Å². The smallest absolute Gasteiger partial charge is 0.279 e. The Morgan fingerprint density at radius 1 is 1.12 bits per heavy atom. The minimum Gasteiger partial charge on any atom is -0.496 e. The molecule has 0 heterocycles. The van der Waals surface area contributed by atoms with Crippen LogP contribution in [0.2, 0.25) is 5.02 Å². The fourth-order valence-corrected chi connectivity index (χ4v) is 2.66. The highest BCUT2D eigenvalue weighted by molar-refractivity contribution is 6.31. The second-order valence-corrected chi connectivity index (χ2v) is 5.95. The molecule has 5 nitrogen and oxygen atoms in total. The van der Waals surface area contributed by atoms with Gasteiger partial charge in [-0.15, -0.1) is 0 Å². The van der Waals surface area contributed by atoms with E-state index in [0.29, 0.717) is 29.5 Å². The summed E-state index contributed by atoms with van der Waals surface area (Å²) in [5, 5.41) is 3.39. The lowest BCUT2D eigenvalue weighted by molar-refractivity contribution is -0.885. The summed E-state index contributed by atoms with van der Waals surface area (Å²) in [6.07, 6.45) is 0. The quantitative estimate of drug-likeness (QED) is 0.804. The number of halogens is 1. The average Bonchev–Trinajstić information content (AvgIpc) is 2.55. The molecule has 2 aromatic rings. The molecule has 0 aliphatic heterocycles. The van der Waals surface area contributed by atoms with E-state index in [1.807, 2.05) is 31.3 Å². The SMILES string of the molecule is COc1ccccc1C[NH+](C)CC(=O)Nc1cc(Cl)ccc1OC. The molecule has 6 heteroatoms. The van der Waals surface area contributed by atoms with Gasteiger partial charge in [0.2, 0.25) is 0 Å². The number of nitrogens with one attached hydrogen (secondary N) is 2. The lowest BCUT2D eigenvalue weighted by atomic mass is 10.2. The molecule has 0 saturated heterocycles. The van der Waals surface area contributed by atoms with Crippen LogP contribution in [0.25, 0.3) is 0 Å². The molecule has 0 fully saturated rings. The number of hydrogen-bond acceptors (Lipinski definition) is 3.